The first-order chi connectivity index (χ1) is 9.97. The third-order valence-corrected chi connectivity index (χ3v) is 7.19. The standard InChI is InChI=1S/C19H30O2/c1-18(2,16-5-3-4-6-16)17(20)21-19-10-13-7-14(11-19)9-15(8-13)12-19/h13-16H,3-12H2,1-2H3. The quantitative estimate of drug-likeness (QED) is 0.703. The average Bonchev–Trinajstić information content (AvgIpc) is 2.90. The lowest BCUT2D eigenvalue weighted by Gasteiger charge is -2.56. The minimum absolute atomic E-state index is 0.0678. The molecule has 5 fully saturated rings. The summed E-state index contributed by atoms with van der Waals surface area (Å²) in [6.07, 6.45) is 12.7. The zero-order valence-electron chi connectivity index (χ0n) is 13.7. The SMILES string of the molecule is CC(C)(C(=O)OC12CC3CC(CC(C3)C1)C2)C1CCCC1. The van der Waals surface area contributed by atoms with Gasteiger partial charge in [-0.3, -0.25) is 4.79 Å². The van der Waals surface area contributed by atoms with Crippen LogP contribution >= 0.6 is 0 Å². The lowest BCUT2D eigenvalue weighted by Crippen LogP contribution is -2.54. The average molecular weight is 290 g/mol. The van der Waals surface area contributed by atoms with E-state index in [-0.39, 0.29) is 17.0 Å². The van der Waals surface area contributed by atoms with Crippen LogP contribution in [0, 0.1) is 29.1 Å². The van der Waals surface area contributed by atoms with Gasteiger partial charge in [-0.25, -0.2) is 0 Å². The number of rotatable bonds is 3. The van der Waals surface area contributed by atoms with E-state index in [2.05, 4.69) is 13.8 Å². The summed E-state index contributed by atoms with van der Waals surface area (Å²) < 4.78 is 6.29. The van der Waals surface area contributed by atoms with Crippen molar-refractivity contribution in [2.24, 2.45) is 29.1 Å². The molecule has 5 aliphatic rings. The second-order valence-corrected chi connectivity index (χ2v) is 9.19. The molecule has 118 valence electrons. The third kappa shape index (κ3) is 2.33. The van der Waals surface area contributed by atoms with Crippen LogP contribution < -0.4 is 0 Å². The number of carbonyl (C=O) groups excluding carboxylic acids is 1. The molecule has 2 nitrogen and oxygen atoms in total. The number of hydrogen-bond acceptors (Lipinski definition) is 2. The van der Waals surface area contributed by atoms with Crippen LogP contribution in [0.1, 0.15) is 78.1 Å². The highest BCUT2D eigenvalue weighted by Gasteiger charge is 2.54. The van der Waals surface area contributed by atoms with Crippen LogP contribution in [-0.2, 0) is 9.53 Å². The van der Waals surface area contributed by atoms with Gasteiger partial charge in [-0.1, -0.05) is 12.8 Å². The molecule has 5 rings (SSSR count). The second kappa shape index (κ2) is 4.73. The van der Waals surface area contributed by atoms with Gasteiger partial charge in [0.25, 0.3) is 0 Å². The predicted molar refractivity (Wildman–Crippen MR) is 82.7 cm³/mol. The zero-order chi connectivity index (χ0) is 14.7. The van der Waals surface area contributed by atoms with Gasteiger partial charge in [0.15, 0.2) is 0 Å². The fourth-order valence-electron chi connectivity index (χ4n) is 6.30. The summed E-state index contributed by atoms with van der Waals surface area (Å²) in [4.78, 5) is 12.9. The molecule has 5 aliphatic carbocycles. The van der Waals surface area contributed by atoms with Crippen molar-refractivity contribution in [3.8, 4) is 0 Å². The van der Waals surface area contributed by atoms with Gasteiger partial charge in [-0.05, 0) is 88.9 Å². The number of hydrogen-bond donors (Lipinski definition) is 0. The summed E-state index contributed by atoms with van der Waals surface area (Å²) in [5, 5.41) is 0. The van der Waals surface area contributed by atoms with E-state index in [0.717, 1.165) is 37.0 Å². The molecule has 0 spiro atoms. The van der Waals surface area contributed by atoms with Gasteiger partial charge in [-0.2, -0.15) is 0 Å². The van der Waals surface area contributed by atoms with Gasteiger partial charge >= 0.3 is 5.97 Å². The molecule has 0 N–H and O–H groups in total. The van der Waals surface area contributed by atoms with Crippen molar-refractivity contribution in [2.75, 3.05) is 0 Å². The molecule has 0 unspecified atom stereocenters. The van der Waals surface area contributed by atoms with E-state index in [1.807, 2.05) is 0 Å². The Hall–Kier alpha value is -0.530. The minimum Gasteiger partial charge on any atom is -0.459 e. The fraction of sp³-hybridized carbons (Fsp3) is 0.947. The van der Waals surface area contributed by atoms with Gasteiger partial charge in [0.2, 0.25) is 0 Å². The first kappa shape index (κ1) is 14.1. The summed E-state index contributed by atoms with van der Waals surface area (Å²) in [5.41, 5.74) is -0.346. The topological polar surface area (TPSA) is 26.3 Å². The Morgan fingerprint density at radius 1 is 0.952 bits per heavy atom. The third-order valence-electron chi connectivity index (χ3n) is 7.19. The van der Waals surface area contributed by atoms with E-state index in [1.54, 1.807) is 0 Å². The summed E-state index contributed by atoms with van der Waals surface area (Å²) in [6.45, 7) is 4.26. The Bertz CT molecular complexity index is 396. The highest BCUT2D eigenvalue weighted by atomic mass is 16.6. The zero-order valence-corrected chi connectivity index (χ0v) is 13.7. The van der Waals surface area contributed by atoms with Crippen LogP contribution in [0.3, 0.4) is 0 Å². The maximum Gasteiger partial charge on any atom is 0.312 e. The lowest BCUT2D eigenvalue weighted by atomic mass is 9.54. The summed E-state index contributed by atoms with van der Waals surface area (Å²) >= 11 is 0. The largest absolute Gasteiger partial charge is 0.459 e. The molecule has 0 radical (unpaired) electrons. The molecule has 5 saturated carbocycles. The Morgan fingerprint density at radius 3 is 1.90 bits per heavy atom. The normalized spacial score (nSPS) is 42.5. The van der Waals surface area contributed by atoms with Gasteiger partial charge in [0.1, 0.15) is 5.60 Å². The van der Waals surface area contributed by atoms with Crippen LogP contribution in [0.25, 0.3) is 0 Å². The van der Waals surface area contributed by atoms with Crippen molar-refractivity contribution in [1.29, 1.82) is 0 Å². The molecule has 0 aromatic rings. The maximum atomic E-state index is 12.9. The highest BCUT2D eigenvalue weighted by Crippen LogP contribution is 2.57. The summed E-state index contributed by atoms with van der Waals surface area (Å²) in [5.74, 6) is 3.19. The smallest absolute Gasteiger partial charge is 0.312 e. The molecule has 0 saturated heterocycles. The lowest BCUT2D eigenvalue weighted by molar-refractivity contribution is -0.198. The van der Waals surface area contributed by atoms with Crippen LogP contribution in [0.5, 0.6) is 0 Å². The van der Waals surface area contributed by atoms with Crippen LogP contribution in [0.15, 0.2) is 0 Å². The molecule has 0 aromatic carbocycles. The minimum atomic E-state index is -0.278. The van der Waals surface area contributed by atoms with Crippen molar-refractivity contribution in [3.63, 3.8) is 0 Å². The molecular formula is C19H30O2. The highest BCUT2D eigenvalue weighted by molar-refractivity contribution is 5.77. The van der Waals surface area contributed by atoms with Crippen LogP contribution in [0.4, 0.5) is 0 Å². The molecule has 21 heavy (non-hydrogen) atoms. The van der Waals surface area contributed by atoms with Crippen molar-refractivity contribution >= 4 is 5.97 Å². The van der Waals surface area contributed by atoms with Crippen molar-refractivity contribution in [3.05, 3.63) is 0 Å². The van der Waals surface area contributed by atoms with E-state index in [0.29, 0.717) is 5.92 Å². The first-order valence-corrected chi connectivity index (χ1v) is 9.20. The first-order valence-electron chi connectivity index (χ1n) is 9.20. The summed E-state index contributed by atoms with van der Waals surface area (Å²) in [7, 11) is 0. The maximum absolute atomic E-state index is 12.9. The molecule has 0 aliphatic heterocycles. The molecule has 0 heterocycles. The van der Waals surface area contributed by atoms with Gasteiger partial charge in [0, 0.05) is 0 Å². The summed E-state index contributed by atoms with van der Waals surface area (Å²) in [6, 6.07) is 0. The fourth-order valence-corrected chi connectivity index (χ4v) is 6.30. The van der Waals surface area contributed by atoms with Gasteiger partial charge in [-0.15, -0.1) is 0 Å². The monoisotopic (exact) mass is 290 g/mol. The Balaban J connectivity index is 1.49. The molecule has 0 amide bonds. The Morgan fingerprint density at radius 2 is 1.43 bits per heavy atom. The van der Waals surface area contributed by atoms with E-state index in [9.17, 15) is 4.79 Å². The van der Waals surface area contributed by atoms with Crippen molar-refractivity contribution < 1.29 is 9.53 Å². The van der Waals surface area contributed by atoms with E-state index in [4.69, 9.17) is 4.74 Å². The van der Waals surface area contributed by atoms with E-state index >= 15 is 0 Å². The number of ether oxygens (including phenoxy) is 1. The second-order valence-electron chi connectivity index (χ2n) is 9.19. The van der Waals surface area contributed by atoms with Crippen LogP contribution in [0.2, 0.25) is 0 Å². The van der Waals surface area contributed by atoms with Crippen LogP contribution in [-0.4, -0.2) is 11.6 Å². The Kier molecular flexibility index (Phi) is 3.17. The molecular weight excluding hydrogens is 260 g/mol. The predicted octanol–water partition coefficient (Wildman–Crippen LogP) is 4.71. The molecule has 0 atom stereocenters. The van der Waals surface area contributed by atoms with E-state index in [1.165, 1.54) is 44.9 Å². The van der Waals surface area contributed by atoms with Gasteiger partial charge in [0.05, 0.1) is 5.41 Å². The van der Waals surface area contributed by atoms with Crippen molar-refractivity contribution in [2.45, 2.75) is 83.7 Å². The number of carbonyl (C=O) groups is 1. The number of esters is 1. The van der Waals surface area contributed by atoms with E-state index < -0.39 is 0 Å². The van der Waals surface area contributed by atoms with Gasteiger partial charge < -0.3 is 4.74 Å². The Labute approximate surface area is 129 Å². The van der Waals surface area contributed by atoms with Crippen molar-refractivity contribution in [1.82, 2.24) is 0 Å². The molecule has 2 heteroatoms. The molecule has 4 bridgehead atoms. The molecule has 0 aromatic heterocycles.